The average molecular weight is 325 g/mol. The number of hydrogen-bond acceptors (Lipinski definition) is 4. The number of benzene rings is 1. The summed E-state index contributed by atoms with van der Waals surface area (Å²) in [5.74, 6) is -0.961. The van der Waals surface area contributed by atoms with Crippen LogP contribution in [0.2, 0.25) is 5.02 Å². The first-order valence-corrected chi connectivity index (χ1v) is 8.25. The number of nitrogens with two attached hydrogens (primary N) is 1. The summed E-state index contributed by atoms with van der Waals surface area (Å²) in [6.45, 7) is 0. The van der Waals surface area contributed by atoms with Crippen LogP contribution in [-0.4, -0.2) is 19.3 Å². The quantitative estimate of drug-likeness (QED) is 0.910. The van der Waals surface area contributed by atoms with E-state index >= 15 is 0 Å². The third-order valence-corrected chi connectivity index (χ3v) is 4.49. The van der Waals surface area contributed by atoms with Gasteiger partial charge in [-0.3, -0.25) is 9.78 Å². The standard InChI is InChI=1S/C14H13ClN2O3S/c15-12-4-5-13(17-7-12)9-21(19,20)8-10-2-1-3-11(6-10)14(16)18/h1-7H,8-9H2,(H2,16,18). The fourth-order valence-corrected chi connectivity index (χ4v) is 3.36. The van der Waals surface area contributed by atoms with Crippen LogP contribution in [-0.2, 0) is 21.3 Å². The Balaban J connectivity index is 2.15. The molecule has 0 aliphatic heterocycles. The van der Waals surface area contributed by atoms with Gasteiger partial charge in [0.05, 0.1) is 22.2 Å². The van der Waals surface area contributed by atoms with E-state index in [1.165, 1.54) is 12.3 Å². The molecule has 0 fully saturated rings. The van der Waals surface area contributed by atoms with Crippen LogP contribution in [0.4, 0.5) is 0 Å². The van der Waals surface area contributed by atoms with Crippen molar-refractivity contribution in [2.24, 2.45) is 5.73 Å². The van der Waals surface area contributed by atoms with E-state index in [-0.39, 0.29) is 17.1 Å². The van der Waals surface area contributed by atoms with Gasteiger partial charge >= 0.3 is 0 Å². The Morgan fingerprint density at radius 3 is 2.57 bits per heavy atom. The molecule has 0 saturated heterocycles. The van der Waals surface area contributed by atoms with Crippen molar-refractivity contribution in [3.05, 3.63) is 64.4 Å². The van der Waals surface area contributed by atoms with Crippen LogP contribution >= 0.6 is 11.6 Å². The fourth-order valence-electron chi connectivity index (χ4n) is 1.84. The van der Waals surface area contributed by atoms with Gasteiger partial charge in [0, 0.05) is 11.8 Å². The largest absolute Gasteiger partial charge is 0.366 e. The van der Waals surface area contributed by atoms with Crippen molar-refractivity contribution in [1.82, 2.24) is 4.98 Å². The maximum atomic E-state index is 12.1. The summed E-state index contributed by atoms with van der Waals surface area (Å²) in [6, 6.07) is 9.42. The van der Waals surface area contributed by atoms with Crippen LogP contribution in [0, 0.1) is 0 Å². The molecule has 2 N–H and O–H groups in total. The highest BCUT2D eigenvalue weighted by Crippen LogP contribution is 2.14. The zero-order chi connectivity index (χ0) is 15.5. The van der Waals surface area contributed by atoms with Crippen molar-refractivity contribution in [1.29, 1.82) is 0 Å². The third-order valence-electron chi connectivity index (χ3n) is 2.75. The lowest BCUT2D eigenvalue weighted by Crippen LogP contribution is -2.12. The number of amides is 1. The van der Waals surface area contributed by atoms with Crippen LogP contribution in [0.1, 0.15) is 21.6 Å². The molecular formula is C14H13ClN2O3S. The van der Waals surface area contributed by atoms with Gasteiger partial charge in [-0.25, -0.2) is 8.42 Å². The third kappa shape index (κ3) is 4.54. The first-order valence-electron chi connectivity index (χ1n) is 6.05. The zero-order valence-electron chi connectivity index (χ0n) is 11.0. The molecule has 0 saturated carbocycles. The SMILES string of the molecule is NC(=O)c1cccc(CS(=O)(=O)Cc2ccc(Cl)cn2)c1. The molecule has 0 spiro atoms. The van der Waals surface area contributed by atoms with E-state index < -0.39 is 15.7 Å². The Kier molecular flexibility index (Phi) is 4.59. The molecule has 1 amide bonds. The molecule has 0 radical (unpaired) electrons. The van der Waals surface area contributed by atoms with E-state index in [1.54, 1.807) is 30.3 Å². The molecule has 0 bridgehead atoms. The molecule has 2 rings (SSSR count). The van der Waals surface area contributed by atoms with Crippen LogP contribution < -0.4 is 5.73 Å². The summed E-state index contributed by atoms with van der Waals surface area (Å²) in [7, 11) is -3.40. The summed E-state index contributed by atoms with van der Waals surface area (Å²) < 4.78 is 24.3. The van der Waals surface area contributed by atoms with Gasteiger partial charge in [0.1, 0.15) is 0 Å². The highest BCUT2D eigenvalue weighted by Gasteiger charge is 2.15. The monoisotopic (exact) mass is 324 g/mol. The Bertz CT molecular complexity index is 758. The van der Waals surface area contributed by atoms with Crippen molar-refractivity contribution in [2.75, 3.05) is 0 Å². The number of carbonyl (C=O) groups is 1. The number of hydrogen-bond donors (Lipinski definition) is 1. The molecule has 110 valence electrons. The number of pyridine rings is 1. The number of aromatic nitrogens is 1. The molecular weight excluding hydrogens is 312 g/mol. The second kappa shape index (κ2) is 6.24. The molecule has 0 unspecified atom stereocenters. The molecule has 1 heterocycles. The maximum absolute atomic E-state index is 12.1. The van der Waals surface area contributed by atoms with Crippen molar-refractivity contribution < 1.29 is 13.2 Å². The van der Waals surface area contributed by atoms with Crippen LogP contribution in [0.3, 0.4) is 0 Å². The lowest BCUT2D eigenvalue weighted by atomic mass is 10.1. The van der Waals surface area contributed by atoms with Crippen molar-refractivity contribution in [3.63, 3.8) is 0 Å². The van der Waals surface area contributed by atoms with Gasteiger partial charge in [0.15, 0.2) is 9.84 Å². The zero-order valence-corrected chi connectivity index (χ0v) is 12.6. The van der Waals surface area contributed by atoms with Crippen molar-refractivity contribution in [3.8, 4) is 0 Å². The van der Waals surface area contributed by atoms with E-state index in [0.717, 1.165) is 0 Å². The summed E-state index contributed by atoms with van der Waals surface area (Å²) in [4.78, 5) is 15.1. The van der Waals surface area contributed by atoms with Crippen molar-refractivity contribution >= 4 is 27.3 Å². The molecule has 21 heavy (non-hydrogen) atoms. The second-order valence-corrected chi connectivity index (χ2v) is 7.07. The highest BCUT2D eigenvalue weighted by molar-refractivity contribution is 7.89. The van der Waals surface area contributed by atoms with E-state index in [2.05, 4.69) is 4.98 Å². The first kappa shape index (κ1) is 15.5. The lowest BCUT2D eigenvalue weighted by Gasteiger charge is -2.05. The Hall–Kier alpha value is -1.92. The van der Waals surface area contributed by atoms with Gasteiger partial charge in [-0.05, 0) is 29.8 Å². The van der Waals surface area contributed by atoms with Gasteiger partial charge in [0.2, 0.25) is 5.91 Å². The number of nitrogens with zero attached hydrogens (tertiary/aromatic N) is 1. The fraction of sp³-hybridized carbons (Fsp3) is 0.143. The van der Waals surface area contributed by atoms with Gasteiger partial charge in [-0.15, -0.1) is 0 Å². The van der Waals surface area contributed by atoms with Gasteiger partial charge in [-0.2, -0.15) is 0 Å². The van der Waals surface area contributed by atoms with Gasteiger partial charge in [-0.1, -0.05) is 23.7 Å². The topological polar surface area (TPSA) is 90.1 Å². The Labute approximate surface area is 127 Å². The number of rotatable bonds is 5. The van der Waals surface area contributed by atoms with E-state index in [0.29, 0.717) is 16.3 Å². The molecule has 1 aromatic heterocycles. The summed E-state index contributed by atoms with van der Waals surface area (Å²) in [6.07, 6.45) is 1.40. The molecule has 1 aromatic carbocycles. The Morgan fingerprint density at radius 2 is 1.95 bits per heavy atom. The predicted molar refractivity (Wildman–Crippen MR) is 80.5 cm³/mol. The highest BCUT2D eigenvalue weighted by atomic mass is 35.5. The second-order valence-electron chi connectivity index (χ2n) is 4.56. The molecule has 5 nitrogen and oxygen atoms in total. The summed E-state index contributed by atoms with van der Waals surface area (Å²) in [5.41, 5.74) is 6.39. The van der Waals surface area contributed by atoms with E-state index in [9.17, 15) is 13.2 Å². The summed E-state index contributed by atoms with van der Waals surface area (Å²) >= 11 is 5.70. The number of carbonyl (C=O) groups excluding carboxylic acids is 1. The molecule has 0 aliphatic rings. The van der Waals surface area contributed by atoms with Crippen LogP contribution in [0.25, 0.3) is 0 Å². The first-order chi connectivity index (χ1) is 9.85. The minimum Gasteiger partial charge on any atom is -0.366 e. The van der Waals surface area contributed by atoms with E-state index in [1.807, 2.05) is 0 Å². The smallest absolute Gasteiger partial charge is 0.248 e. The number of primary amides is 1. The minimum absolute atomic E-state index is 0.182. The van der Waals surface area contributed by atoms with Crippen LogP contribution in [0.15, 0.2) is 42.6 Å². The van der Waals surface area contributed by atoms with Gasteiger partial charge < -0.3 is 5.73 Å². The summed E-state index contributed by atoms with van der Waals surface area (Å²) in [5, 5.41) is 0.449. The predicted octanol–water partition coefficient (Wildman–Crippen LogP) is 1.95. The molecule has 7 heteroatoms. The number of halogens is 1. The van der Waals surface area contributed by atoms with Crippen LogP contribution in [0.5, 0.6) is 0 Å². The van der Waals surface area contributed by atoms with Gasteiger partial charge in [0.25, 0.3) is 0 Å². The number of sulfone groups is 1. The Morgan fingerprint density at radius 1 is 1.19 bits per heavy atom. The molecule has 0 atom stereocenters. The van der Waals surface area contributed by atoms with E-state index in [4.69, 9.17) is 17.3 Å². The van der Waals surface area contributed by atoms with Crippen molar-refractivity contribution in [2.45, 2.75) is 11.5 Å². The maximum Gasteiger partial charge on any atom is 0.248 e. The molecule has 0 aliphatic carbocycles. The molecule has 2 aromatic rings. The normalized spacial score (nSPS) is 11.3. The minimum atomic E-state index is -3.40. The lowest BCUT2D eigenvalue weighted by molar-refractivity contribution is 0.1000. The average Bonchev–Trinajstić information content (AvgIpc) is 2.41.